The molecule has 0 saturated heterocycles. The van der Waals surface area contributed by atoms with Gasteiger partial charge in [-0.15, -0.1) is 0 Å². The number of hydrogen-bond donors (Lipinski definition) is 1. The van der Waals surface area contributed by atoms with Gasteiger partial charge in [-0.05, 0) is 18.3 Å². The summed E-state index contributed by atoms with van der Waals surface area (Å²) in [7, 11) is 0. The minimum absolute atomic E-state index is 0.283. The van der Waals surface area contributed by atoms with Gasteiger partial charge in [-0.2, -0.15) is 0 Å². The molecule has 1 saturated carbocycles. The van der Waals surface area contributed by atoms with E-state index >= 15 is 0 Å². The van der Waals surface area contributed by atoms with Gasteiger partial charge in [0.15, 0.2) is 0 Å². The smallest absolute Gasteiger partial charge is 0.303 e. The van der Waals surface area contributed by atoms with Crippen molar-refractivity contribution >= 4 is 5.97 Å². The van der Waals surface area contributed by atoms with E-state index in [0.29, 0.717) is 12.3 Å². The Kier molecular flexibility index (Phi) is 8.64. The third-order valence-electron chi connectivity index (χ3n) is 4.59. The Bertz CT molecular complexity index is 296. The van der Waals surface area contributed by atoms with Gasteiger partial charge in [0.2, 0.25) is 0 Å². The second-order valence-corrected chi connectivity index (χ2v) is 6.36. The lowest BCUT2D eigenvalue weighted by Gasteiger charge is -2.02. The lowest BCUT2D eigenvalue weighted by atomic mass is 10.0. The molecule has 20 heavy (non-hydrogen) atoms. The van der Waals surface area contributed by atoms with E-state index in [0.717, 1.165) is 6.42 Å². The number of carboxylic acids is 1. The Morgan fingerprint density at radius 3 is 1.95 bits per heavy atom. The minimum Gasteiger partial charge on any atom is -0.481 e. The number of allylic oxidation sites excluding steroid dienone is 1. The predicted molar refractivity (Wildman–Crippen MR) is 84.8 cm³/mol. The van der Waals surface area contributed by atoms with Gasteiger partial charge < -0.3 is 5.11 Å². The maximum absolute atomic E-state index is 10.6. The zero-order chi connectivity index (χ0) is 14.8. The van der Waals surface area contributed by atoms with Crippen molar-refractivity contribution < 1.29 is 9.90 Å². The molecule has 0 bridgehead atoms. The number of hydrogen-bond acceptors (Lipinski definition) is 1. The van der Waals surface area contributed by atoms with Crippen LogP contribution in [0.15, 0.2) is 12.2 Å². The standard InChI is InChI=1S/C18H32O2/c1-3-4-5-6-7-8-9-10-11-12-13-16-15(2)17(16)14-18(19)20/h16-17H,2-14H2,1H3,(H,19,20)/t16-,17-/m0/s1. The van der Waals surface area contributed by atoms with Crippen LogP contribution in [0.2, 0.25) is 0 Å². The molecule has 2 atom stereocenters. The molecule has 1 rings (SSSR count). The number of carboxylic acid groups (broad SMARTS) is 1. The van der Waals surface area contributed by atoms with Crippen LogP contribution >= 0.6 is 0 Å². The number of carbonyl (C=O) groups is 1. The first-order chi connectivity index (χ1) is 9.66. The first kappa shape index (κ1) is 17.3. The van der Waals surface area contributed by atoms with E-state index in [1.165, 1.54) is 69.8 Å². The van der Waals surface area contributed by atoms with E-state index in [9.17, 15) is 4.79 Å². The molecule has 1 aliphatic rings. The zero-order valence-electron chi connectivity index (χ0n) is 13.2. The Morgan fingerprint density at radius 2 is 1.45 bits per heavy atom. The topological polar surface area (TPSA) is 37.3 Å². The summed E-state index contributed by atoms with van der Waals surface area (Å²) < 4.78 is 0. The lowest BCUT2D eigenvalue weighted by molar-refractivity contribution is -0.137. The number of rotatable bonds is 13. The van der Waals surface area contributed by atoms with Crippen LogP contribution in [0.1, 0.15) is 84.0 Å². The molecule has 0 aliphatic heterocycles. The normalized spacial score (nSPS) is 21.1. The third-order valence-corrected chi connectivity index (χ3v) is 4.59. The van der Waals surface area contributed by atoms with E-state index in [1.54, 1.807) is 0 Å². The largest absolute Gasteiger partial charge is 0.481 e. The van der Waals surface area contributed by atoms with Crippen LogP contribution in [0.25, 0.3) is 0 Å². The molecule has 0 aromatic rings. The molecule has 0 radical (unpaired) electrons. The van der Waals surface area contributed by atoms with Crippen molar-refractivity contribution in [3.63, 3.8) is 0 Å². The summed E-state index contributed by atoms with van der Waals surface area (Å²) in [6.45, 7) is 6.24. The van der Waals surface area contributed by atoms with Gasteiger partial charge in [0.25, 0.3) is 0 Å². The maximum atomic E-state index is 10.6. The fourth-order valence-corrected chi connectivity index (χ4v) is 3.14. The highest BCUT2D eigenvalue weighted by molar-refractivity contribution is 5.69. The summed E-state index contributed by atoms with van der Waals surface area (Å²) >= 11 is 0. The summed E-state index contributed by atoms with van der Waals surface area (Å²) in [6, 6.07) is 0. The molecule has 2 nitrogen and oxygen atoms in total. The average molecular weight is 280 g/mol. The van der Waals surface area contributed by atoms with Crippen molar-refractivity contribution in [3.05, 3.63) is 12.2 Å². The molecule has 1 aliphatic carbocycles. The van der Waals surface area contributed by atoms with E-state index in [-0.39, 0.29) is 5.92 Å². The molecular formula is C18H32O2. The summed E-state index contributed by atoms with van der Waals surface area (Å²) in [6.07, 6.45) is 15.0. The monoisotopic (exact) mass is 280 g/mol. The van der Waals surface area contributed by atoms with Crippen molar-refractivity contribution in [3.8, 4) is 0 Å². The fraction of sp³-hybridized carbons (Fsp3) is 0.833. The van der Waals surface area contributed by atoms with Gasteiger partial charge in [0.1, 0.15) is 0 Å². The summed E-state index contributed by atoms with van der Waals surface area (Å²) in [4.78, 5) is 10.6. The van der Waals surface area contributed by atoms with E-state index in [1.807, 2.05) is 0 Å². The lowest BCUT2D eigenvalue weighted by Crippen LogP contribution is -1.97. The van der Waals surface area contributed by atoms with Crippen molar-refractivity contribution in [2.45, 2.75) is 84.0 Å². The molecule has 2 heteroatoms. The van der Waals surface area contributed by atoms with Crippen LogP contribution in [0, 0.1) is 11.8 Å². The van der Waals surface area contributed by atoms with Crippen LogP contribution in [0.5, 0.6) is 0 Å². The van der Waals surface area contributed by atoms with Gasteiger partial charge in [-0.3, -0.25) is 4.79 Å². The molecule has 1 N–H and O–H groups in total. The molecule has 0 aromatic carbocycles. The molecular weight excluding hydrogens is 248 g/mol. The Morgan fingerprint density at radius 1 is 0.950 bits per heavy atom. The second-order valence-electron chi connectivity index (χ2n) is 6.36. The number of unbranched alkanes of at least 4 members (excludes halogenated alkanes) is 9. The molecule has 0 amide bonds. The molecule has 1 fully saturated rings. The van der Waals surface area contributed by atoms with Crippen LogP contribution < -0.4 is 0 Å². The highest BCUT2D eigenvalue weighted by Gasteiger charge is 2.42. The highest BCUT2D eigenvalue weighted by atomic mass is 16.4. The van der Waals surface area contributed by atoms with E-state index in [4.69, 9.17) is 5.11 Å². The molecule has 0 aromatic heterocycles. The second kappa shape index (κ2) is 10.0. The van der Waals surface area contributed by atoms with Crippen LogP contribution in [-0.2, 0) is 4.79 Å². The summed E-state index contributed by atoms with van der Waals surface area (Å²) in [5, 5.41) is 8.76. The minimum atomic E-state index is -0.679. The van der Waals surface area contributed by atoms with Crippen molar-refractivity contribution in [2.24, 2.45) is 11.8 Å². The first-order valence-electron chi connectivity index (χ1n) is 8.57. The molecule has 0 spiro atoms. The predicted octanol–water partition coefficient (Wildman–Crippen LogP) is 5.57. The van der Waals surface area contributed by atoms with Gasteiger partial charge in [0, 0.05) is 0 Å². The van der Waals surface area contributed by atoms with E-state index < -0.39 is 5.97 Å². The molecule has 0 heterocycles. The van der Waals surface area contributed by atoms with Gasteiger partial charge in [-0.25, -0.2) is 0 Å². The Balaban J connectivity index is 1.84. The average Bonchev–Trinajstić information content (AvgIpc) is 3.00. The SMILES string of the molecule is C=C1[C@H](CCCCCCCCCCCC)[C@H]1CC(=O)O. The highest BCUT2D eigenvalue weighted by Crippen LogP contribution is 2.49. The van der Waals surface area contributed by atoms with Crippen LogP contribution in [-0.4, -0.2) is 11.1 Å². The molecule has 116 valence electrons. The van der Waals surface area contributed by atoms with Gasteiger partial charge >= 0.3 is 5.97 Å². The van der Waals surface area contributed by atoms with Crippen molar-refractivity contribution in [1.82, 2.24) is 0 Å². The van der Waals surface area contributed by atoms with E-state index in [2.05, 4.69) is 13.5 Å². The van der Waals surface area contributed by atoms with Crippen LogP contribution in [0.4, 0.5) is 0 Å². The van der Waals surface area contributed by atoms with Crippen LogP contribution in [0.3, 0.4) is 0 Å². The first-order valence-corrected chi connectivity index (χ1v) is 8.57. The van der Waals surface area contributed by atoms with Gasteiger partial charge in [0.05, 0.1) is 6.42 Å². The zero-order valence-corrected chi connectivity index (χ0v) is 13.2. The quantitative estimate of drug-likeness (QED) is 0.353. The summed E-state index contributed by atoms with van der Waals surface area (Å²) in [5.74, 6) is 0.118. The van der Waals surface area contributed by atoms with Gasteiger partial charge in [-0.1, -0.05) is 83.3 Å². The van der Waals surface area contributed by atoms with Crippen molar-refractivity contribution in [2.75, 3.05) is 0 Å². The Hall–Kier alpha value is -0.790. The summed E-state index contributed by atoms with van der Waals surface area (Å²) in [5.41, 5.74) is 1.18. The third kappa shape index (κ3) is 7.12. The van der Waals surface area contributed by atoms with Crippen molar-refractivity contribution in [1.29, 1.82) is 0 Å². The Labute approximate surface area is 124 Å². The fourth-order valence-electron chi connectivity index (χ4n) is 3.14. The maximum Gasteiger partial charge on any atom is 0.303 e. The number of aliphatic carboxylic acids is 1. The molecule has 0 unspecified atom stereocenters.